The second kappa shape index (κ2) is 6.00. The third-order valence-electron chi connectivity index (χ3n) is 1.65. The van der Waals surface area contributed by atoms with Crippen molar-refractivity contribution < 1.29 is 5.21 Å². The average Bonchev–Trinajstić information content (AvgIpc) is 2.19. The molecule has 0 radical (unpaired) electrons. The minimum absolute atomic E-state index is 0.778. The van der Waals surface area contributed by atoms with Gasteiger partial charge in [0.05, 0.1) is 0 Å². The van der Waals surface area contributed by atoms with Crippen LogP contribution in [-0.4, -0.2) is 11.4 Å². The molecule has 0 spiro atoms. The number of hydrogen-bond donors (Lipinski definition) is 1. The van der Waals surface area contributed by atoms with Gasteiger partial charge in [-0.05, 0) is 18.4 Å². The first-order chi connectivity index (χ1) is 6.43. The highest BCUT2D eigenvalue weighted by atomic mass is 16.4. The molecular formula is C11H13NO. The zero-order valence-electron chi connectivity index (χ0n) is 7.43. The fraction of sp³-hybridized carbons (Fsp3) is 0.182. The van der Waals surface area contributed by atoms with Crippen LogP contribution in [-0.2, 0) is 0 Å². The Bertz CT molecular complexity index is 277. The van der Waals surface area contributed by atoms with E-state index in [-0.39, 0.29) is 0 Å². The maximum absolute atomic E-state index is 8.13. The molecule has 0 heterocycles. The van der Waals surface area contributed by atoms with Gasteiger partial charge in [0.1, 0.15) is 0 Å². The van der Waals surface area contributed by atoms with E-state index in [4.69, 9.17) is 5.21 Å². The number of allylic oxidation sites excluding steroid dienone is 1. The van der Waals surface area contributed by atoms with Gasteiger partial charge in [0, 0.05) is 6.21 Å². The Balaban J connectivity index is 2.32. The van der Waals surface area contributed by atoms with Gasteiger partial charge in [0.15, 0.2) is 0 Å². The highest BCUT2D eigenvalue weighted by Gasteiger charge is 1.81. The highest BCUT2D eigenvalue weighted by molar-refractivity contribution is 5.57. The zero-order valence-corrected chi connectivity index (χ0v) is 7.43. The monoisotopic (exact) mass is 175 g/mol. The predicted molar refractivity (Wildman–Crippen MR) is 55.0 cm³/mol. The standard InChI is InChI=1S/C11H13NO/c13-12-10-6-2-5-9-11-7-3-1-4-8-11/h1,3-5,7-10,13H,2,6H2/b9-5+,12-10-. The Labute approximate surface area is 78.2 Å². The zero-order chi connectivity index (χ0) is 9.36. The molecule has 1 rings (SSSR count). The second-order valence-electron chi connectivity index (χ2n) is 2.69. The summed E-state index contributed by atoms with van der Waals surface area (Å²) < 4.78 is 0. The van der Waals surface area contributed by atoms with Gasteiger partial charge in [-0.2, -0.15) is 0 Å². The van der Waals surface area contributed by atoms with Crippen LogP contribution in [0.2, 0.25) is 0 Å². The molecule has 0 amide bonds. The summed E-state index contributed by atoms with van der Waals surface area (Å²) in [6, 6.07) is 10.1. The molecule has 1 aromatic carbocycles. The van der Waals surface area contributed by atoms with Gasteiger partial charge in [-0.1, -0.05) is 42.5 Å². The van der Waals surface area contributed by atoms with E-state index < -0.39 is 0 Å². The van der Waals surface area contributed by atoms with E-state index in [2.05, 4.69) is 29.4 Å². The third-order valence-corrected chi connectivity index (χ3v) is 1.65. The van der Waals surface area contributed by atoms with Crippen LogP contribution in [0.3, 0.4) is 0 Å². The second-order valence-corrected chi connectivity index (χ2v) is 2.69. The van der Waals surface area contributed by atoms with Crippen LogP contribution in [0.4, 0.5) is 0 Å². The van der Waals surface area contributed by atoms with Gasteiger partial charge in [0.25, 0.3) is 0 Å². The average molecular weight is 175 g/mol. The summed E-state index contributed by atoms with van der Waals surface area (Å²) in [7, 11) is 0. The fourth-order valence-corrected chi connectivity index (χ4v) is 1.01. The lowest BCUT2D eigenvalue weighted by Gasteiger charge is -1.90. The first-order valence-electron chi connectivity index (χ1n) is 4.31. The van der Waals surface area contributed by atoms with Crippen LogP contribution >= 0.6 is 0 Å². The van der Waals surface area contributed by atoms with Gasteiger partial charge in [-0.25, -0.2) is 0 Å². The molecule has 1 aromatic rings. The normalized spacial score (nSPS) is 11.4. The molecule has 2 heteroatoms. The Morgan fingerprint density at radius 2 is 1.92 bits per heavy atom. The van der Waals surface area contributed by atoms with Gasteiger partial charge < -0.3 is 5.21 Å². The molecule has 0 atom stereocenters. The summed E-state index contributed by atoms with van der Waals surface area (Å²) in [6.07, 6.45) is 7.30. The van der Waals surface area contributed by atoms with Crippen LogP contribution in [0, 0.1) is 0 Å². The SMILES string of the molecule is O/N=C\CC/C=C/c1ccccc1. The number of nitrogens with zero attached hydrogens (tertiary/aromatic N) is 1. The molecule has 2 nitrogen and oxygen atoms in total. The molecule has 0 unspecified atom stereocenters. The topological polar surface area (TPSA) is 32.6 Å². The minimum atomic E-state index is 0.778. The van der Waals surface area contributed by atoms with Crippen molar-refractivity contribution in [1.29, 1.82) is 0 Å². The molecule has 68 valence electrons. The molecule has 0 saturated carbocycles. The summed E-state index contributed by atoms with van der Waals surface area (Å²) in [4.78, 5) is 0. The summed E-state index contributed by atoms with van der Waals surface area (Å²) in [5, 5.41) is 11.0. The van der Waals surface area contributed by atoms with Crippen LogP contribution in [0.5, 0.6) is 0 Å². The van der Waals surface area contributed by atoms with Crippen molar-refractivity contribution in [2.45, 2.75) is 12.8 Å². The van der Waals surface area contributed by atoms with Crippen LogP contribution in [0.1, 0.15) is 18.4 Å². The summed E-state index contributed by atoms with van der Waals surface area (Å²) in [5.41, 5.74) is 1.20. The van der Waals surface area contributed by atoms with Crippen molar-refractivity contribution in [3.63, 3.8) is 0 Å². The largest absolute Gasteiger partial charge is 0.411 e. The van der Waals surface area contributed by atoms with E-state index in [0.29, 0.717) is 0 Å². The number of oxime groups is 1. The maximum Gasteiger partial charge on any atom is 0.0439 e. The molecule has 0 aliphatic rings. The van der Waals surface area contributed by atoms with Gasteiger partial charge in [-0.3, -0.25) is 0 Å². The molecule has 0 aliphatic heterocycles. The Hall–Kier alpha value is -1.57. The smallest absolute Gasteiger partial charge is 0.0439 e. The fourth-order valence-electron chi connectivity index (χ4n) is 1.01. The molecule has 0 fully saturated rings. The van der Waals surface area contributed by atoms with Crippen molar-refractivity contribution in [3.8, 4) is 0 Å². The number of unbranched alkanes of at least 4 members (excludes halogenated alkanes) is 1. The summed E-state index contributed by atoms with van der Waals surface area (Å²) in [6.45, 7) is 0. The van der Waals surface area contributed by atoms with Crippen LogP contribution < -0.4 is 0 Å². The van der Waals surface area contributed by atoms with Crippen molar-refractivity contribution in [2.24, 2.45) is 5.16 Å². The Morgan fingerprint density at radius 1 is 1.15 bits per heavy atom. The molecule has 0 aromatic heterocycles. The predicted octanol–water partition coefficient (Wildman–Crippen LogP) is 2.94. The lowest BCUT2D eigenvalue weighted by atomic mass is 10.2. The van der Waals surface area contributed by atoms with Gasteiger partial charge >= 0.3 is 0 Å². The first-order valence-corrected chi connectivity index (χ1v) is 4.31. The van der Waals surface area contributed by atoms with Gasteiger partial charge in [0.2, 0.25) is 0 Å². The molecule has 0 bridgehead atoms. The van der Waals surface area contributed by atoms with Crippen LogP contribution in [0.25, 0.3) is 6.08 Å². The van der Waals surface area contributed by atoms with Crippen molar-refractivity contribution in [2.75, 3.05) is 0 Å². The minimum Gasteiger partial charge on any atom is -0.411 e. The van der Waals surface area contributed by atoms with E-state index in [1.165, 1.54) is 11.8 Å². The quantitative estimate of drug-likeness (QED) is 0.324. The third kappa shape index (κ3) is 4.11. The maximum atomic E-state index is 8.13. The Kier molecular flexibility index (Phi) is 4.39. The summed E-state index contributed by atoms with van der Waals surface area (Å²) >= 11 is 0. The first kappa shape index (κ1) is 9.52. The lowest BCUT2D eigenvalue weighted by Crippen LogP contribution is -1.73. The molecular weight excluding hydrogens is 162 g/mol. The van der Waals surface area contributed by atoms with Crippen molar-refractivity contribution in [3.05, 3.63) is 42.0 Å². The number of benzene rings is 1. The van der Waals surface area contributed by atoms with E-state index in [1.54, 1.807) is 0 Å². The van der Waals surface area contributed by atoms with Crippen molar-refractivity contribution >= 4 is 12.3 Å². The molecule has 0 saturated heterocycles. The highest BCUT2D eigenvalue weighted by Crippen LogP contribution is 2.02. The van der Waals surface area contributed by atoms with E-state index >= 15 is 0 Å². The van der Waals surface area contributed by atoms with Crippen LogP contribution in [0.15, 0.2) is 41.6 Å². The van der Waals surface area contributed by atoms with Gasteiger partial charge in [-0.15, -0.1) is 5.16 Å². The lowest BCUT2D eigenvalue weighted by molar-refractivity contribution is 0.320. The van der Waals surface area contributed by atoms with Crippen molar-refractivity contribution in [1.82, 2.24) is 0 Å². The molecule has 0 aliphatic carbocycles. The Morgan fingerprint density at radius 3 is 2.62 bits per heavy atom. The molecule has 13 heavy (non-hydrogen) atoms. The van der Waals surface area contributed by atoms with E-state index in [9.17, 15) is 0 Å². The summed E-state index contributed by atoms with van der Waals surface area (Å²) in [5.74, 6) is 0. The van der Waals surface area contributed by atoms with E-state index in [0.717, 1.165) is 12.8 Å². The number of rotatable bonds is 4. The van der Waals surface area contributed by atoms with E-state index in [1.807, 2.05) is 18.2 Å². The number of hydrogen-bond acceptors (Lipinski definition) is 2. The molecule has 1 N–H and O–H groups in total.